The van der Waals surface area contributed by atoms with E-state index in [4.69, 9.17) is 0 Å². The minimum atomic E-state index is 1.18. The lowest BCUT2D eigenvalue weighted by atomic mass is 10.3. The van der Waals surface area contributed by atoms with Crippen LogP contribution in [-0.2, 0) is 0 Å². The molecule has 0 atom stereocenters. The van der Waals surface area contributed by atoms with E-state index in [9.17, 15) is 0 Å². The molecule has 0 aliphatic heterocycles. The molecule has 0 heterocycles. The molecule has 0 aliphatic carbocycles. The summed E-state index contributed by atoms with van der Waals surface area (Å²) in [5, 5.41) is 0. The Morgan fingerprint density at radius 2 is 1.10 bits per heavy atom. The number of unbranched alkanes of at least 4 members (excludes halogenated alkanes) is 1. The summed E-state index contributed by atoms with van der Waals surface area (Å²) in [5.74, 6) is 0. The van der Waals surface area contributed by atoms with Crippen LogP contribution < -0.4 is 0 Å². The molecule has 0 N–H and O–H groups in total. The molecule has 10 heavy (non-hydrogen) atoms. The molecule has 0 amide bonds. The van der Waals surface area contributed by atoms with Gasteiger partial charge in [0.25, 0.3) is 0 Å². The van der Waals surface area contributed by atoms with E-state index in [-0.39, 0.29) is 0 Å². The Bertz CT molecular complexity index is 66.0. The van der Waals surface area contributed by atoms with E-state index in [2.05, 4.69) is 38.2 Å². The maximum absolute atomic E-state index is 2.18. The van der Waals surface area contributed by atoms with Crippen molar-refractivity contribution in [3.8, 4) is 0 Å². The highest BCUT2D eigenvalue weighted by Gasteiger charge is 1.70. The van der Waals surface area contributed by atoms with Crippen molar-refractivity contribution < 1.29 is 0 Å². The van der Waals surface area contributed by atoms with Crippen molar-refractivity contribution >= 4 is 0 Å². The Labute approximate surface area is 65.7 Å². The van der Waals surface area contributed by atoms with Crippen molar-refractivity contribution in [1.29, 1.82) is 0 Å². The monoisotopic (exact) mass is 140 g/mol. The van der Waals surface area contributed by atoms with Crippen molar-refractivity contribution in [1.82, 2.24) is 0 Å². The summed E-state index contributed by atoms with van der Waals surface area (Å²) in [6, 6.07) is 0. The van der Waals surface area contributed by atoms with Crippen LogP contribution >= 0.6 is 0 Å². The summed E-state index contributed by atoms with van der Waals surface area (Å²) < 4.78 is 0. The Balaban J connectivity index is 0. The van der Waals surface area contributed by atoms with Crippen LogP contribution in [0.25, 0.3) is 0 Å². The second kappa shape index (κ2) is 15.8. The van der Waals surface area contributed by atoms with E-state index >= 15 is 0 Å². The number of hydrogen-bond acceptors (Lipinski definition) is 0. The highest BCUT2D eigenvalue weighted by atomic mass is 13.8. The zero-order valence-corrected chi connectivity index (χ0v) is 7.72. The summed E-state index contributed by atoms with van der Waals surface area (Å²) in [6.07, 6.45) is 10.9. The third kappa shape index (κ3) is 15.6. The first-order valence-electron chi connectivity index (χ1n) is 4.14. The molecular weight excluding hydrogens is 120 g/mol. The van der Waals surface area contributed by atoms with Gasteiger partial charge in [-0.15, -0.1) is 0 Å². The van der Waals surface area contributed by atoms with E-state index in [1.165, 1.54) is 12.8 Å². The molecule has 0 nitrogen and oxygen atoms in total. The molecular formula is C10H20. The van der Waals surface area contributed by atoms with Gasteiger partial charge in [0.15, 0.2) is 0 Å². The van der Waals surface area contributed by atoms with Crippen molar-refractivity contribution in [3.63, 3.8) is 0 Å². The quantitative estimate of drug-likeness (QED) is 0.411. The molecule has 0 fully saturated rings. The van der Waals surface area contributed by atoms with Crippen LogP contribution in [0.15, 0.2) is 24.3 Å². The fourth-order valence-electron chi connectivity index (χ4n) is 0.526. The van der Waals surface area contributed by atoms with Gasteiger partial charge in [-0.05, 0) is 26.7 Å². The zero-order chi connectivity index (χ0) is 8.24. The van der Waals surface area contributed by atoms with Gasteiger partial charge in [-0.25, -0.2) is 0 Å². The van der Waals surface area contributed by atoms with Crippen LogP contribution in [0.5, 0.6) is 0 Å². The predicted octanol–water partition coefficient (Wildman–Crippen LogP) is 3.95. The van der Waals surface area contributed by atoms with Crippen LogP contribution in [0, 0.1) is 0 Å². The van der Waals surface area contributed by atoms with E-state index in [1.54, 1.807) is 0 Å². The minimum absolute atomic E-state index is 1.18. The van der Waals surface area contributed by atoms with Gasteiger partial charge in [0, 0.05) is 0 Å². The van der Waals surface area contributed by atoms with Gasteiger partial charge in [0.2, 0.25) is 0 Å². The first-order chi connectivity index (χ1) is 4.91. The summed E-state index contributed by atoms with van der Waals surface area (Å²) in [6.45, 7) is 8.10. The molecule has 0 spiro atoms. The molecule has 0 aromatic carbocycles. The SMILES string of the molecule is C/C=C\CC/C=C\C.CC. The molecule has 60 valence electrons. The normalized spacial score (nSPS) is 10.0. The molecule has 0 saturated carbocycles. The predicted molar refractivity (Wildman–Crippen MR) is 50.2 cm³/mol. The Morgan fingerprint density at radius 3 is 1.30 bits per heavy atom. The highest BCUT2D eigenvalue weighted by Crippen LogP contribution is 1.90. The maximum Gasteiger partial charge on any atom is -0.0316 e. The van der Waals surface area contributed by atoms with E-state index in [0.29, 0.717) is 0 Å². The van der Waals surface area contributed by atoms with E-state index < -0.39 is 0 Å². The third-order valence-corrected chi connectivity index (χ3v) is 0.971. The van der Waals surface area contributed by atoms with Gasteiger partial charge in [-0.3, -0.25) is 0 Å². The number of hydrogen-bond donors (Lipinski definition) is 0. The number of allylic oxidation sites excluding steroid dienone is 4. The second-order valence-corrected chi connectivity index (χ2v) is 1.72. The smallest absolute Gasteiger partial charge is 0.0316 e. The van der Waals surface area contributed by atoms with Crippen LogP contribution in [0.3, 0.4) is 0 Å². The van der Waals surface area contributed by atoms with Crippen LogP contribution in [-0.4, -0.2) is 0 Å². The first kappa shape index (κ1) is 12.2. The molecule has 0 aromatic heterocycles. The molecule has 0 saturated heterocycles. The molecule has 0 rings (SSSR count). The topological polar surface area (TPSA) is 0 Å². The van der Waals surface area contributed by atoms with E-state index in [0.717, 1.165) is 0 Å². The Morgan fingerprint density at radius 1 is 0.800 bits per heavy atom. The molecule has 0 radical (unpaired) electrons. The van der Waals surface area contributed by atoms with Crippen LogP contribution in [0.4, 0.5) is 0 Å². The fraction of sp³-hybridized carbons (Fsp3) is 0.600. The van der Waals surface area contributed by atoms with Gasteiger partial charge in [0.1, 0.15) is 0 Å². The van der Waals surface area contributed by atoms with Crippen molar-refractivity contribution in [2.24, 2.45) is 0 Å². The lowest BCUT2D eigenvalue weighted by Crippen LogP contribution is -1.60. The lowest BCUT2D eigenvalue weighted by molar-refractivity contribution is 1.05. The standard InChI is InChI=1S/C8H14.C2H6/c1-3-5-7-8-6-4-2;1-2/h3-6H,7-8H2,1-2H3;1-2H3/b5-3-,6-4-;. The lowest BCUT2D eigenvalue weighted by Gasteiger charge is -1.81. The largest absolute Gasteiger partial charge is 0.0917 e. The summed E-state index contributed by atoms with van der Waals surface area (Å²) in [4.78, 5) is 0. The molecule has 0 heteroatoms. The average Bonchev–Trinajstić information content (AvgIpc) is 2.02. The van der Waals surface area contributed by atoms with Crippen LogP contribution in [0.2, 0.25) is 0 Å². The third-order valence-electron chi connectivity index (χ3n) is 0.971. The van der Waals surface area contributed by atoms with Gasteiger partial charge in [0.05, 0.1) is 0 Å². The maximum atomic E-state index is 2.18. The molecule has 0 aliphatic rings. The van der Waals surface area contributed by atoms with Crippen molar-refractivity contribution in [3.05, 3.63) is 24.3 Å². The van der Waals surface area contributed by atoms with Gasteiger partial charge < -0.3 is 0 Å². The summed E-state index contributed by atoms with van der Waals surface area (Å²) >= 11 is 0. The van der Waals surface area contributed by atoms with Gasteiger partial charge in [-0.2, -0.15) is 0 Å². The van der Waals surface area contributed by atoms with Crippen molar-refractivity contribution in [2.45, 2.75) is 40.5 Å². The molecule has 0 aromatic rings. The van der Waals surface area contributed by atoms with Crippen LogP contribution in [0.1, 0.15) is 40.5 Å². The highest BCUT2D eigenvalue weighted by molar-refractivity contribution is 4.83. The van der Waals surface area contributed by atoms with E-state index in [1.807, 2.05) is 13.8 Å². The second-order valence-electron chi connectivity index (χ2n) is 1.72. The zero-order valence-electron chi connectivity index (χ0n) is 7.72. The molecule has 0 unspecified atom stereocenters. The summed E-state index contributed by atoms with van der Waals surface area (Å²) in [5.41, 5.74) is 0. The van der Waals surface area contributed by atoms with Gasteiger partial charge in [-0.1, -0.05) is 38.2 Å². The Hall–Kier alpha value is -0.520. The number of rotatable bonds is 3. The first-order valence-corrected chi connectivity index (χ1v) is 4.14. The molecule has 0 bridgehead atoms. The fourth-order valence-corrected chi connectivity index (χ4v) is 0.526. The average molecular weight is 140 g/mol. The minimum Gasteiger partial charge on any atom is -0.0917 e. The Kier molecular flexibility index (Phi) is 19.3. The summed E-state index contributed by atoms with van der Waals surface area (Å²) in [7, 11) is 0. The van der Waals surface area contributed by atoms with Crippen molar-refractivity contribution in [2.75, 3.05) is 0 Å². The van der Waals surface area contributed by atoms with Gasteiger partial charge >= 0.3 is 0 Å².